The molecule has 1 aromatic carbocycles. The Hall–Kier alpha value is -1.02. The van der Waals surface area contributed by atoms with Gasteiger partial charge in [-0.15, -0.1) is 0 Å². The Kier molecular flexibility index (Phi) is 3.72. The van der Waals surface area contributed by atoms with E-state index in [1.807, 2.05) is 24.3 Å². The summed E-state index contributed by atoms with van der Waals surface area (Å²) in [4.78, 5) is 0. The third-order valence-corrected chi connectivity index (χ3v) is 3.42. The first-order valence-electron chi connectivity index (χ1n) is 6.55. The number of aliphatic hydroxyl groups is 1. The zero-order chi connectivity index (χ0) is 12.3. The average molecular weight is 234 g/mol. The molecular formula is C15H22O2. The molecule has 0 amide bonds. The molecule has 0 aromatic heterocycles. The van der Waals surface area contributed by atoms with Crippen LogP contribution in [0.1, 0.15) is 51.5 Å². The highest BCUT2D eigenvalue weighted by Gasteiger charge is 2.17. The van der Waals surface area contributed by atoms with Crippen LogP contribution >= 0.6 is 0 Å². The molecule has 0 heterocycles. The second-order valence-corrected chi connectivity index (χ2v) is 5.46. The highest BCUT2D eigenvalue weighted by Crippen LogP contribution is 2.26. The quantitative estimate of drug-likeness (QED) is 0.865. The SMILES string of the molecule is CC(C)(O)c1ccc(OC2CCCCC2)cc1. The Labute approximate surface area is 104 Å². The molecule has 1 fully saturated rings. The first-order valence-corrected chi connectivity index (χ1v) is 6.55. The Bertz CT molecular complexity index is 342. The van der Waals surface area contributed by atoms with Crippen LogP contribution < -0.4 is 4.74 Å². The van der Waals surface area contributed by atoms with Crippen LogP contribution in [-0.4, -0.2) is 11.2 Å². The van der Waals surface area contributed by atoms with Crippen LogP contribution in [0.15, 0.2) is 24.3 Å². The molecule has 94 valence electrons. The molecule has 2 heteroatoms. The fourth-order valence-corrected chi connectivity index (χ4v) is 2.32. The van der Waals surface area contributed by atoms with Crippen LogP contribution in [0.4, 0.5) is 0 Å². The number of ether oxygens (including phenoxy) is 1. The molecule has 0 aliphatic heterocycles. The first kappa shape index (κ1) is 12.4. The molecule has 1 aromatic rings. The summed E-state index contributed by atoms with van der Waals surface area (Å²) in [5.74, 6) is 0.921. The van der Waals surface area contributed by atoms with Crippen molar-refractivity contribution in [3.05, 3.63) is 29.8 Å². The van der Waals surface area contributed by atoms with Crippen LogP contribution in [0, 0.1) is 0 Å². The van der Waals surface area contributed by atoms with E-state index in [0.717, 1.165) is 11.3 Å². The Morgan fingerprint density at radius 2 is 1.65 bits per heavy atom. The summed E-state index contributed by atoms with van der Waals surface area (Å²) >= 11 is 0. The van der Waals surface area contributed by atoms with Gasteiger partial charge in [0.2, 0.25) is 0 Å². The van der Waals surface area contributed by atoms with Gasteiger partial charge in [0, 0.05) is 0 Å². The molecule has 17 heavy (non-hydrogen) atoms. The minimum Gasteiger partial charge on any atom is -0.490 e. The van der Waals surface area contributed by atoms with E-state index in [1.165, 1.54) is 32.1 Å². The Morgan fingerprint density at radius 1 is 1.06 bits per heavy atom. The zero-order valence-electron chi connectivity index (χ0n) is 10.8. The van der Waals surface area contributed by atoms with Gasteiger partial charge in [-0.1, -0.05) is 18.6 Å². The number of rotatable bonds is 3. The monoisotopic (exact) mass is 234 g/mol. The third kappa shape index (κ3) is 3.47. The van der Waals surface area contributed by atoms with Gasteiger partial charge in [0.1, 0.15) is 5.75 Å². The molecule has 0 bridgehead atoms. The normalized spacial score (nSPS) is 18.1. The summed E-state index contributed by atoms with van der Waals surface area (Å²) in [6.07, 6.45) is 6.65. The maximum Gasteiger partial charge on any atom is 0.119 e. The van der Waals surface area contributed by atoms with Gasteiger partial charge in [-0.05, 0) is 57.2 Å². The van der Waals surface area contributed by atoms with Gasteiger partial charge in [0.25, 0.3) is 0 Å². The van der Waals surface area contributed by atoms with Crippen molar-refractivity contribution < 1.29 is 9.84 Å². The van der Waals surface area contributed by atoms with Gasteiger partial charge >= 0.3 is 0 Å². The van der Waals surface area contributed by atoms with Crippen LogP contribution in [0.3, 0.4) is 0 Å². The second-order valence-electron chi connectivity index (χ2n) is 5.46. The fourth-order valence-electron chi connectivity index (χ4n) is 2.32. The maximum absolute atomic E-state index is 9.86. The van der Waals surface area contributed by atoms with E-state index < -0.39 is 5.60 Å². The molecular weight excluding hydrogens is 212 g/mol. The van der Waals surface area contributed by atoms with Crippen molar-refractivity contribution in [2.75, 3.05) is 0 Å². The van der Waals surface area contributed by atoms with Crippen molar-refractivity contribution in [3.8, 4) is 5.75 Å². The lowest BCUT2D eigenvalue weighted by molar-refractivity contribution is 0.0784. The summed E-state index contributed by atoms with van der Waals surface area (Å²) in [5.41, 5.74) is 0.150. The lowest BCUT2D eigenvalue weighted by atomic mass is 9.97. The van der Waals surface area contributed by atoms with Gasteiger partial charge in [0.15, 0.2) is 0 Å². The van der Waals surface area contributed by atoms with Crippen LogP contribution in [0.25, 0.3) is 0 Å². The van der Waals surface area contributed by atoms with E-state index in [0.29, 0.717) is 6.10 Å². The van der Waals surface area contributed by atoms with E-state index in [-0.39, 0.29) is 0 Å². The van der Waals surface area contributed by atoms with Crippen LogP contribution in [-0.2, 0) is 5.60 Å². The fraction of sp³-hybridized carbons (Fsp3) is 0.600. The molecule has 0 atom stereocenters. The van der Waals surface area contributed by atoms with Gasteiger partial charge in [0.05, 0.1) is 11.7 Å². The van der Waals surface area contributed by atoms with Crippen molar-refractivity contribution in [1.29, 1.82) is 0 Å². The predicted octanol–water partition coefficient (Wildman–Crippen LogP) is 3.63. The molecule has 2 nitrogen and oxygen atoms in total. The largest absolute Gasteiger partial charge is 0.490 e. The number of hydrogen-bond donors (Lipinski definition) is 1. The van der Waals surface area contributed by atoms with Gasteiger partial charge < -0.3 is 9.84 Å². The topological polar surface area (TPSA) is 29.5 Å². The van der Waals surface area contributed by atoms with Crippen molar-refractivity contribution in [2.24, 2.45) is 0 Å². The van der Waals surface area contributed by atoms with Crippen molar-refractivity contribution in [1.82, 2.24) is 0 Å². The summed E-state index contributed by atoms with van der Waals surface area (Å²) in [6.45, 7) is 3.59. The van der Waals surface area contributed by atoms with Crippen molar-refractivity contribution in [2.45, 2.75) is 57.7 Å². The van der Waals surface area contributed by atoms with Crippen molar-refractivity contribution in [3.63, 3.8) is 0 Å². The molecule has 1 aliphatic carbocycles. The summed E-state index contributed by atoms with van der Waals surface area (Å²) in [5, 5.41) is 9.86. The van der Waals surface area contributed by atoms with Crippen LogP contribution in [0.5, 0.6) is 5.75 Å². The first-order chi connectivity index (χ1) is 8.05. The minimum atomic E-state index is -0.774. The van der Waals surface area contributed by atoms with E-state index in [4.69, 9.17) is 4.74 Å². The van der Waals surface area contributed by atoms with E-state index in [1.54, 1.807) is 13.8 Å². The molecule has 2 rings (SSSR count). The number of benzene rings is 1. The second kappa shape index (κ2) is 5.09. The Morgan fingerprint density at radius 3 is 2.18 bits per heavy atom. The lowest BCUT2D eigenvalue weighted by Crippen LogP contribution is -2.20. The van der Waals surface area contributed by atoms with E-state index >= 15 is 0 Å². The Balaban J connectivity index is 1.98. The molecule has 0 radical (unpaired) electrons. The molecule has 0 unspecified atom stereocenters. The molecule has 0 saturated heterocycles. The van der Waals surface area contributed by atoms with Crippen LogP contribution in [0.2, 0.25) is 0 Å². The van der Waals surface area contributed by atoms with Gasteiger partial charge in [-0.25, -0.2) is 0 Å². The molecule has 0 spiro atoms. The van der Waals surface area contributed by atoms with E-state index in [2.05, 4.69) is 0 Å². The summed E-state index contributed by atoms with van der Waals surface area (Å²) < 4.78 is 5.94. The van der Waals surface area contributed by atoms with Crippen molar-refractivity contribution >= 4 is 0 Å². The summed E-state index contributed by atoms with van der Waals surface area (Å²) in [7, 11) is 0. The standard InChI is InChI=1S/C15H22O2/c1-15(2,16)12-8-10-14(11-9-12)17-13-6-4-3-5-7-13/h8-11,13,16H,3-7H2,1-2H3. The zero-order valence-corrected chi connectivity index (χ0v) is 10.8. The van der Waals surface area contributed by atoms with Gasteiger partial charge in [-0.3, -0.25) is 0 Å². The minimum absolute atomic E-state index is 0.386. The van der Waals surface area contributed by atoms with E-state index in [9.17, 15) is 5.11 Å². The lowest BCUT2D eigenvalue weighted by Gasteiger charge is -2.23. The molecule has 1 saturated carbocycles. The highest BCUT2D eigenvalue weighted by atomic mass is 16.5. The smallest absolute Gasteiger partial charge is 0.119 e. The average Bonchev–Trinajstić information content (AvgIpc) is 2.30. The predicted molar refractivity (Wildman–Crippen MR) is 69.2 cm³/mol. The highest BCUT2D eigenvalue weighted by molar-refractivity contribution is 5.30. The maximum atomic E-state index is 9.86. The number of hydrogen-bond acceptors (Lipinski definition) is 2. The summed E-state index contributed by atoms with van der Waals surface area (Å²) in [6, 6.07) is 7.81. The molecule has 1 aliphatic rings. The third-order valence-electron chi connectivity index (χ3n) is 3.42. The van der Waals surface area contributed by atoms with Gasteiger partial charge in [-0.2, -0.15) is 0 Å². The molecule has 1 N–H and O–H groups in total.